The Bertz CT molecular complexity index is 8.75. The van der Waals surface area contributed by atoms with Gasteiger partial charge in [0.15, 0.2) is 0 Å². The van der Waals surface area contributed by atoms with Gasteiger partial charge in [-0.15, -0.1) is 0 Å². The maximum absolute atomic E-state index is 8.19. The van der Waals surface area contributed by atoms with Gasteiger partial charge >= 0.3 is 58.8 Å². The first-order chi connectivity index (χ1) is 2.00. The van der Waals surface area contributed by atoms with E-state index in [1.165, 1.54) is 0 Å². The minimum atomic E-state index is 0. The van der Waals surface area contributed by atoms with Crippen molar-refractivity contribution in [3.8, 4) is 0 Å². The molecular weight excluding hydrogens is 113 g/mol. The monoisotopic (exact) mass is 113 g/mol. The molecule has 0 radical (unpaired) electrons. The number of hydrogen-bond donors (Lipinski definition) is 0. The summed E-state index contributed by atoms with van der Waals surface area (Å²) in [5.74, 6) is 0. The predicted octanol–water partition coefficient (Wildman–Crippen LogP) is -8.49. The van der Waals surface area contributed by atoms with Crippen molar-refractivity contribution in [2.75, 3.05) is 0 Å². The first-order valence-electron chi connectivity index (χ1n) is 0.349. The van der Waals surface area contributed by atoms with Crippen LogP contribution in [0.1, 0.15) is 0 Å². The molecule has 6 heteroatoms. The summed E-state index contributed by atoms with van der Waals surface area (Å²) in [6.45, 7) is 0. The van der Waals surface area contributed by atoms with Gasteiger partial charge in [0.05, 0.1) is 0 Å². The molecule has 0 bridgehead atoms. The van der Waals surface area contributed by atoms with Crippen LogP contribution in [-0.4, -0.2) is 0 Å². The molecule has 0 aliphatic rings. The van der Waals surface area contributed by atoms with E-state index in [1.54, 1.807) is 0 Å². The Balaban J connectivity index is -0.00000000500. The summed E-state index contributed by atoms with van der Waals surface area (Å²) >= 11 is 1.06. The average molecular weight is 113 g/mol. The molecule has 0 amide bonds. The molecule has 0 aromatic heterocycles. The van der Waals surface area contributed by atoms with Crippen molar-refractivity contribution in [2.24, 2.45) is 0 Å². The molecule has 0 N–H and O–H groups in total. The Kier molecular flexibility index (Phi) is 377. The van der Waals surface area contributed by atoms with Crippen LogP contribution in [0, 0.1) is 0 Å². The summed E-state index contributed by atoms with van der Waals surface area (Å²) in [4.78, 5) is 0. The zero-order valence-corrected chi connectivity index (χ0v) is 5.07. The van der Waals surface area contributed by atoms with E-state index in [9.17, 15) is 0 Å². The molecule has 3 nitrogen and oxygen atoms in total. The SMILES string of the molecule is [Li+].[Li+].[O-][O-].[O]=[V]. The summed E-state index contributed by atoms with van der Waals surface area (Å²) in [7, 11) is 0. The molecule has 0 heterocycles. The summed E-state index contributed by atoms with van der Waals surface area (Å²) in [5, 5.41) is 14.0. The summed E-state index contributed by atoms with van der Waals surface area (Å²) in [6, 6.07) is 0. The predicted molar refractivity (Wildman–Crippen MR) is 0.686 cm³/mol. The molecule has 0 spiro atoms. The quantitative estimate of drug-likeness (QED) is 0.178. The van der Waals surface area contributed by atoms with Gasteiger partial charge in [0.2, 0.25) is 0 Å². The van der Waals surface area contributed by atoms with Crippen molar-refractivity contribution < 1.29 is 69.3 Å². The zero-order chi connectivity index (χ0) is 4.00. The fourth-order valence-electron chi connectivity index (χ4n) is 0. The molecule has 0 unspecified atom stereocenters. The van der Waals surface area contributed by atoms with Crippen LogP contribution in [0.3, 0.4) is 0 Å². The van der Waals surface area contributed by atoms with E-state index in [1.807, 2.05) is 0 Å². The van der Waals surface area contributed by atoms with Crippen LogP contribution in [-0.2, 0) is 21.0 Å². The van der Waals surface area contributed by atoms with Crippen LogP contribution in [0.2, 0.25) is 0 Å². The Morgan fingerprint density at radius 2 is 1.00 bits per heavy atom. The van der Waals surface area contributed by atoms with Crippen molar-refractivity contribution >= 4 is 0 Å². The van der Waals surface area contributed by atoms with Gasteiger partial charge < -0.3 is 10.5 Å². The van der Waals surface area contributed by atoms with E-state index in [0.29, 0.717) is 0 Å². The second kappa shape index (κ2) is 87.4. The van der Waals surface area contributed by atoms with Gasteiger partial charge in [-0.25, -0.2) is 0 Å². The molecule has 0 saturated carbocycles. The first-order valence-corrected chi connectivity index (χ1v) is 0.919. The van der Waals surface area contributed by atoms with Crippen molar-refractivity contribution in [3.05, 3.63) is 0 Å². The molecule has 0 aliphatic carbocycles. The molecule has 0 aromatic carbocycles. The maximum atomic E-state index is 8.19. The fraction of sp³-hybridized carbons (Fsp3) is 0. The first kappa shape index (κ1) is 25.9. The van der Waals surface area contributed by atoms with Crippen LogP contribution in [0.25, 0.3) is 0 Å². The third kappa shape index (κ3) is 49.5. The topological polar surface area (TPSA) is 63.2 Å². The normalized spacial score (nSPS) is 1.50. The zero-order valence-electron chi connectivity index (χ0n) is 3.67. The van der Waals surface area contributed by atoms with Crippen molar-refractivity contribution in [3.63, 3.8) is 0 Å². The third-order valence-corrected chi connectivity index (χ3v) is 0. The molecule has 0 fully saturated rings. The minimum absolute atomic E-state index is 0. The van der Waals surface area contributed by atoms with Crippen LogP contribution in [0.5, 0.6) is 0 Å². The van der Waals surface area contributed by atoms with Crippen molar-refractivity contribution in [1.29, 1.82) is 0 Å². The molecule has 0 saturated heterocycles. The Hall–Kier alpha value is 1.50. The Morgan fingerprint density at radius 3 is 1.00 bits per heavy atom. The number of rotatable bonds is 0. The Labute approximate surface area is 69.0 Å². The van der Waals surface area contributed by atoms with Gasteiger partial charge in [0, 0.05) is 0 Å². The van der Waals surface area contributed by atoms with E-state index < -0.39 is 0 Å². The molecular formula is Li2O3V. The van der Waals surface area contributed by atoms with E-state index in [-0.39, 0.29) is 37.7 Å². The molecule has 6 heavy (non-hydrogen) atoms. The van der Waals surface area contributed by atoms with E-state index in [2.05, 4.69) is 0 Å². The van der Waals surface area contributed by atoms with E-state index in [0.717, 1.165) is 17.4 Å². The molecule has 0 aromatic rings. The van der Waals surface area contributed by atoms with Crippen LogP contribution in [0.15, 0.2) is 0 Å². The Morgan fingerprint density at radius 1 is 1.00 bits per heavy atom. The van der Waals surface area contributed by atoms with E-state index in [4.69, 9.17) is 14.2 Å². The van der Waals surface area contributed by atoms with Gasteiger partial charge in [-0.3, -0.25) is 0 Å². The molecule has 0 atom stereocenters. The average Bonchev–Trinajstić information content (AvgIpc) is 1.50. The molecule has 25 valence electrons. The second-order valence-corrected chi connectivity index (χ2v) is 0. The number of hydrogen-bond acceptors (Lipinski definition) is 3. The van der Waals surface area contributed by atoms with Gasteiger partial charge in [-0.05, 0) is 0 Å². The van der Waals surface area contributed by atoms with Gasteiger partial charge in [0.25, 0.3) is 0 Å². The van der Waals surface area contributed by atoms with Gasteiger partial charge in [-0.2, -0.15) is 0 Å². The molecule has 0 rings (SSSR count). The van der Waals surface area contributed by atoms with Crippen LogP contribution in [0.4, 0.5) is 0 Å². The summed E-state index contributed by atoms with van der Waals surface area (Å²) in [6.07, 6.45) is 0. The van der Waals surface area contributed by atoms with Crippen molar-refractivity contribution in [1.82, 2.24) is 0 Å². The standard InChI is InChI=1S/2Li.O2.O.V/c;;1-2;;/q2*+1;-2;;. The van der Waals surface area contributed by atoms with Gasteiger partial charge in [0.1, 0.15) is 0 Å². The summed E-state index contributed by atoms with van der Waals surface area (Å²) < 4.78 is 8.19. The van der Waals surface area contributed by atoms with Crippen molar-refractivity contribution in [2.45, 2.75) is 0 Å². The second-order valence-electron chi connectivity index (χ2n) is 0. The third-order valence-electron chi connectivity index (χ3n) is 0. The summed E-state index contributed by atoms with van der Waals surface area (Å²) in [5.41, 5.74) is 0. The molecule has 0 aliphatic heterocycles. The fourth-order valence-corrected chi connectivity index (χ4v) is 0. The van der Waals surface area contributed by atoms with Gasteiger partial charge in [-0.1, -0.05) is 0 Å². The van der Waals surface area contributed by atoms with E-state index >= 15 is 0 Å². The van der Waals surface area contributed by atoms with Crippen LogP contribution < -0.4 is 48.2 Å². The van der Waals surface area contributed by atoms with Crippen LogP contribution >= 0.6 is 0 Å².